The zero-order valence-electron chi connectivity index (χ0n) is 11.7. The predicted octanol–water partition coefficient (Wildman–Crippen LogP) is 3.11. The second kappa shape index (κ2) is 6.80. The standard InChI is InChI=1S/C14H18F3NO3/c1-9(2)11(12(19)14(15,16)17)18(13(20)21)8-10-6-4-3-5-7-10/h3-7,9,11-12,19H,8H2,1-2H3,(H,20,21)/t11-,12-/m0/s1. The minimum atomic E-state index is -4.88. The molecule has 0 spiro atoms. The molecule has 0 aliphatic heterocycles. The van der Waals surface area contributed by atoms with E-state index in [4.69, 9.17) is 0 Å². The van der Waals surface area contributed by atoms with Crippen molar-refractivity contribution in [2.75, 3.05) is 0 Å². The van der Waals surface area contributed by atoms with Crippen LogP contribution in [0.25, 0.3) is 0 Å². The summed E-state index contributed by atoms with van der Waals surface area (Å²) in [7, 11) is 0. The smallest absolute Gasteiger partial charge is 0.416 e. The Balaban J connectivity index is 3.07. The third-order valence-electron chi connectivity index (χ3n) is 3.14. The van der Waals surface area contributed by atoms with Crippen LogP contribution < -0.4 is 0 Å². The van der Waals surface area contributed by atoms with Crippen LogP contribution in [0.2, 0.25) is 0 Å². The Morgan fingerprint density at radius 1 is 1.24 bits per heavy atom. The van der Waals surface area contributed by atoms with Crippen molar-refractivity contribution < 1.29 is 28.2 Å². The van der Waals surface area contributed by atoms with Crippen molar-refractivity contribution in [2.45, 2.75) is 38.7 Å². The number of rotatable bonds is 5. The number of amides is 1. The lowest BCUT2D eigenvalue weighted by Gasteiger charge is -2.36. The van der Waals surface area contributed by atoms with Crippen LogP contribution in [0.4, 0.5) is 18.0 Å². The zero-order chi connectivity index (χ0) is 16.2. The molecular formula is C14H18F3NO3. The van der Waals surface area contributed by atoms with E-state index in [0.29, 0.717) is 10.5 Å². The molecule has 2 atom stereocenters. The highest BCUT2D eigenvalue weighted by Crippen LogP contribution is 2.29. The minimum absolute atomic E-state index is 0.216. The van der Waals surface area contributed by atoms with E-state index in [1.54, 1.807) is 30.3 Å². The molecule has 0 radical (unpaired) electrons. The van der Waals surface area contributed by atoms with Crippen LogP contribution in [-0.2, 0) is 6.54 Å². The third kappa shape index (κ3) is 4.63. The Hall–Kier alpha value is -1.76. The molecule has 1 aromatic carbocycles. The molecular weight excluding hydrogens is 287 g/mol. The number of alkyl halides is 3. The molecule has 118 valence electrons. The highest BCUT2D eigenvalue weighted by Gasteiger charge is 2.48. The molecule has 0 aromatic heterocycles. The maximum absolute atomic E-state index is 12.8. The second-order valence-corrected chi connectivity index (χ2v) is 5.12. The van der Waals surface area contributed by atoms with E-state index < -0.39 is 30.3 Å². The van der Waals surface area contributed by atoms with Crippen molar-refractivity contribution in [2.24, 2.45) is 5.92 Å². The molecule has 1 rings (SSSR count). The van der Waals surface area contributed by atoms with Crippen molar-refractivity contribution in [3.63, 3.8) is 0 Å². The number of halogens is 3. The molecule has 0 fully saturated rings. The Labute approximate surface area is 120 Å². The molecule has 0 aliphatic rings. The normalized spacial score (nSPS) is 14.8. The van der Waals surface area contributed by atoms with Crippen molar-refractivity contribution >= 4 is 6.09 Å². The van der Waals surface area contributed by atoms with Gasteiger partial charge >= 0.3 is 12.3 Å². The molecule has 2 N–H and O–H groups in total. The summed E-state index contributed by atoms with van der Waals surface area (Å²) in [5.74, 6) is -0.693. The van der Waals surface area contributed by atoms with Gasteiger partial charge in [0.25, 0.3) is 0 Å². The molecule has 1 amide bonds. The van der Waals surface area contributed by atoms with Crippen LogP contribution in [0, 0.1) is 5.92 Å². The van der Waals surface area contributed by atoms with Gasteiger partial charge in [-0.05, 0) is 11.5 Å². The van der Waals surface area contributed by atoms with E-state index in [1.165, 1.54) is 13.8 Å². The first-order valence-electron chi connectivity index (χ1n) is 6.43. The molecule has 0 saturated heterocycles. The Kier molecular flexibility index (Phi) is 5.60. The van der Waals surface area contributed by atoms with Crippen molar-refractivity contribution in [1.82, 2.24) is 4.90 Å². The molecule has 4 nitrogen and oxygen atoms in total. The number of hydrogen-bond donors (Lipinski definition) is 2. The maximum atomic E-state index is 12.8. The summed E-state index contributed by atoms with van der Waals surface area (Å²) < 4.78 is 38.3. The summed E-state index contributed by atoms with van der Waals surface area (Å²) in [6.45, 7) is 2.67. The van der Waals surface area contributed by atoms with Gasteiger partial charge in [-0.1, -0.05) is 44.2 Å². The average molecular weight is 305 g/mol. The van der Waals surface area contributed by atoms with Gasteiger partial charge in [-0.2, -0.15) is 13.2 Å². The van der Waals surface area contributed by atoms with Crippen LogP contribution in [0.1, 0.15) is 19.4 Å². The summed E-state index contributed by atoms with van der Waals surface area (Å²) in [6, 6.07) is 6.72. The van der Waals surface area contributed by atoms with Gasteiger partial charge < -0.3 is 10.2 Å². The molecule has 0 bridgehead atoms. The van der Waals surface area contributed by atoms with Crippen LogP contribution in [-0.4, -0.2) is 39.5 Å². The van der Waals surface area contributed by atoms with Crippen LogP contribution >= 0.6 is 0 Å². The fourth-order valence-corrected chi connectivity index (χ4v) is 2.17. The first kappa shape index (κ1) is 17.3. The number of nitrogens with zero attached hydrogens (tertiary/aromatic N) is 1. The number of aliphatic hydroxyl groups excluding tert-OH is 1. The van der Waals surface area contributed by atoms with Crippen LogP contribution in [0.15, 0.2) is 30.3 Å². The van der Waals surface area contributed by atoms with E-state index in [2.05, 4.69) is 0 Å². The lowest BCUT2D eigenvalue weighted by Crippen LogP contribution is -2.54. The van der Waals surface area contributed by atoms with Crippen molar-refractivity contribution in [3.8, 4) is 0 Å². The number of hydrogen-bond acceptors (Lipinski definition) is 2. The number of aliphatic hydroxyl groups is 1. The molecule has 21 heavy (non-hydrogen) atoms. The summed E-state index contributed by atoms with van der Waals surface area (Å²) in [4.78, 5) is 12.0. The average Bonchev–Trinajstić information content (AvgIpc) is 2.37. The fourth-order valence-electron chi connectivity index (χ4n) is 2.17. The molecule has 0 saturated carbocycles. The van der Waals surface area contributed by atoms with Gasteiger partial charge in [0, 0.05) is 6.54 Å². The topological polar surface area (TPSA) is 60.8 Å². The van der Waals surface area contributed by atoms with Gasteiger partial charge in [-0.25, -0.2) is 4.79 Å². The Morgan fingerprint density at radius 2 is 1.76 bits per heavy atom. The largest absolute Gasteiger partial charge is 0.465 e. The Bertz CT molecular complexity index is 462. The monoisotopic (exact) mass is 305 g/mol. The van der Waals surface area contributed by atoms with E-state index in [1.807, 2.05) is 0 Å². The van der Waals surface area contributed by atoms with E-state index >= 15 is 0 Å². The van der Waals surface area contributed by atoms with Gasteiger partial charge in [-0.3, -0.25) is 4.90 Å². The summed E-state index contributed by atoms with van der Waals surface area (Å²) >= 11 is 0. The first-order valence-corrected chi connectivity index (χ1v) is 6.43. The van der Waals surface area contributed by atoms with Crippen molar-refractivity contribution in [3.05, 3.63) is 35.9 Å². The van der Waals surface area contributed by atoms with Crippen LogP contribution in [0.5, 0.6) is 0 Å². The molecule has 0 aliphatic carbocycles. The van der Waals surface area contributed by atoms with Gasteiger partial charge in [0.1, 0.15) is 0 Å². The lowest BCUT2D eigenvalue weighted by molar-refractivity contribution is -0.224. The second-order valence-electron chi connectivity index (χ2n) is 5.12. The first-order chi connectivity index (χ1) is 9.64. The quantitative estimate of drug-likeness (QED) is 0.878. The number of carboxylic acid groups (broad SMARTS) is 1. The summed E-state index contributed by atoms with van der Waals surface area (Å²) in [5, 5.41) is 18.7. The predicted molar refractivity (Wildman–Crippen MR) is 70.7 cm³/mol. The maximum Gasteiger partial charge on any atom is 0.416 e. The fraction of sp³-hybridized carbons (Fsp3) is 0.500. The molecule has 0 heterocycles. The van der Waals surface area contributed by atoms with E-state index in [9.17, 15) is 28.2 Å². The third-order valence-corrected chi connectivity index (χ3v) is 3.14. The SMILES string of the molecule is CC(C)[C@@H]([C@H](O)C(F)(F)F)N(Cc1ccccc1)C(=O)O. The minimum Gasteiger partial charge on any atom is -0.465 e. The van der Waals surface area contributed by atoms with Crippen molar-refractivity contribution in [1.29, 1.82) is 0 Å². The van der Waals surface area contributed by atoms with Crippen LogP contribution in [0.3, 0.4) is 0 Å². The lowest BCUT2D eigenvalue weighted by atomic mass is 9.96. The summed E-state index contributed by atoms with van der Waals surface area (Å²) in [5.41, 5.74) is 0.555. The number of carbonyl (C=O) groups is 1. The number of benzene rings is 1. The van der Waals surface area contributed by atoms with E-state index in [0.717, 1.165) is 0 Å². The van der Waals surface area contributed by atoms with Gasteiger partial charge in [-0.15, -0.1) is 0 Å². The molecule has 7 heteroatoms. The van der Waals surface area contributed by atoms with Gasteiger partial charge in [0.15, 0.2) is 6.10 Å². The molecule has 0 unspecified atom stereocenters. The zero-order valence-corrected chi connectivity index (χ0v) is 11.7. The van der Waals surface area contributed by atoms with Gasteiger partial charge in [0.2, 0.25) is 0 Å². The van der Waals surface area contributed by atoms with E-state index in [-0.39, 0.29) is 6.54 Å². The molecule has 1 aromatic rings. The van der Waals surface area contributed by atoms with Gasteiger partial charge in [0.05, 0.1) is 6.04 Å². The highest BCUT2D eigenvalue weighted by molar-refractivity contribution is 5.65. The Morgan fingerprint density at radius 3 is 2.14 bits per heavy atom. The highest BCUT2D eigenvalue weighted by atomic mass is 19.4. The summed E-state index contributed by atoms with van der Waals surface area (Å²) in [6.07, 6.45) is -9.10.